The zero-order valence-electron chi connectivity index (χ0n) is 13.9. The zero-order chi connectivity index (χ0) is 15.2. The Hall–Kier alpha value is -1.56. The monoisotopic (exact) mass is 280 g/mol. The summed E-state index contributed by atoms with van der Waals surface area (Å²) >= 11 is 0. The molecule has 0 amide bonds. The fourth-order valence-electron chi connectivity index (χ4n) is 2.94. The minimum Gasteiger partial charge on any atom is -0.0625 e. The SMILES string of the molecule is CC(C)Cc1ccccc1Cc1ccccc1CC(C)C. The van der Waals surface area contributed by atoms with Gasteiger partial charge in [0.25, 0.3) is 0 Å². The summed E-state index contributed by atoms with van der Waals surface area (Å²) in [6.07, 6.45) is 3.40. The summed E-state index contributed by atoms with van der Waals surface area (Å²) in [6, 6.07) is 17.9. The van der Waals surface area contributed by atoms with E-state index < -0.39 is 0 Å². The smallest absolute Gasteiger partial charge is 0.00203 e. The summed E-state index contributed by atoms with van der Waals surface area (Å²) in [7, 11) is 0. The summed E-state index contributed by atoms with van der Waals surface area (Å²) < 4.78 is 0. The fourth-order valence-corrected chi connectivity index (χ4v) is 2.94. The highest BCUT2D eigenvalue weighted by molar-refractivity contribution is 5.37. The van der Waals surface area contributed by atoms with Crippen LogP contribution in [0.1, 0.15) is 49.9 Å². The highest BCUT2D eigenvalue weighted by Crippen LogP contribution is 2.21. The Kier molecular flexibility index (Phi) is 5.61. The van der Waals surface area contributed by atoms with Gasteiger partial charge in [-0.3, -0.25) is 0 Å². The average molecular weight is 280 g/mol. The van der Waals surface area contributed by atoms with Gasteiger partial charge >= 0.3 is 0 Å². The molecule has 0 fully saturated rings. The minimum absolute atomic E-state index is 0.706. The van der Waals surface area contributed by atoms with Gasteiger partial charge in [-0.15, -0.1) is 0 Å². The molecule has 21 heavy (non-hydrogen) atoms. The van der Waals surface area contributed by atoms with E-state index >= 15 is 0 Å². The van der Waals surface area contributed by atoms with E-state index in [1.807, 2.05) is 0 Å². The molecule has 0 aromatic heterocycles. The average Bonchev–Trinajstić information content (AvgIpc) is 2.42. The molecule has 2 rings (SSSR count). The van der Waals surface area contributed by atoms with Gasteiger partial charge in [0.15, 0.2) is 0 Å². The predicted octanol–water partition coefficient (Wildman–Crippen LogP) is 5.67. The van der Waals surface area contributed by atoms with Crippen molar-refractivity contribution in [3.63, 3.8) is 0 Å². The van der Waals surface area contributed by atoms with Gasteiger partial charge in [-0.05, 0) is 53.4 Å². The van der Waals surface area contributed by atoms with Crippen LogP contribution in [0.2, 0.25) is 0 Å². The van der Waals surface area contributed by atoms with Gasteiger partial charge in [0.1, 0.15) is 0 Å². The van der Waals surface area contributed by atoms with Gasteiger partial charge in [-0.2, -0.15) is 0 Å². The van der Waals surface area contributed by atoms with E-state index in [0.717, 1.165) is 6.42 Å². The highest BCUT2D eigenvalue weighted by atomic mass is 14.1. The lowest BCUT2D eigenvalue weighted by atomic mass is 9.90. The largest absolute Gasteiger partial charge is 0.0625 e. The van der Waals surface area contributed by atoms with E-state index in [1.165, 1.54) is 35.1 Å². The maximum atomic E-state index is 2.30. The molecule has 112 valence electrons. The summed E-state index contributed by atoms with van der Waals surface area (Å²) in [5.41, 5.74) is 5.99. The van der Waals surface area contributed by atoms with E-state index in [1.54, 1.807) is 0 Å². The molecule has 0 heteroatoms. The second-order valence-corrected chi connectivity index (χ2v) is 6.91. The molecule has 0 unspecified atom stereocenters. The quantitative estimate of drug-likeness (QED) is 0.639. The van der Waals surface area contributed by atoms with Crippen molar-refractivity contribution in [3.05, 3.63) is 70.8 Å². The van der Waals surface area contributed by atoms with Gasteiger partial charge in [-0.25, -0.2) is 0 Å². The van der Waals surface area contributed by atoms with Crippen molar-refractivity contribution in [2.24, 2.45) is 11.8 Å². The molecule has 0 saturated heterocycles. The molecule has 0 heterocycles. The second kappa shape index (κ2) is 7.45. The Bertz CT molecular complexity index is 512. The van der Waals surface area contributed by atoms with E-state index in [4.69, 9.17) is 0 Å². The van der Waals surface area contributed by atoms with Crippen LogP contribution in [0.4, 0.5) is 0 Å². The Balaban J connectivity index is 2.26. The van der Waals surface area contributed by atoms with Crippen molar-refractivity contribution in [1.29, 1.82) is 0 Å². The molecular formula is C21H28. The summed E-state index contributed by atoms with van der Waals surface area (Å²) in [6.45, 7) is 9.18. The van der Waals surface area contributed by atoms with E-state index in [0.29, 0.717) is 11.8 Å². The molecule has 0 spiro atoms. The van der Waals surface area contributed by atoms with Crippen LogP contribution < -0.4 is 0 Å². The standard InChI is InChI=1S/C21H28/c1-16(2)13-18-9-5-7-11-20(18)15-21-12-8-6-10-19(21)14-17(3)4/h5-12,16-17H,13-15H2,1-4H3. The van der Waals surface area contributed by atoms with Crippen molar-refractivity contribution in [2.75, 3.05) is 0 Å². The normalized spacial score (nSPS) is 11.3. The Morgan fingerprint density at radius 3 is 1.24 bits per heavy atom. The van der Waals surface area contributed by atoms with E-state index in [2.05, 4.69) is 76.2 Å². The maximum Gasteiger partial charge on any atom is -0.00203 e. The van der Waals surface area contributed by atoms with Gasteiger partial charge in [-0.1, -0.05) is 76.2 Å². The second-order valence-electron chi connectivity index (χ2n) is 6.91. The third-order valence-electron chi connectivity index (χ3n) is 3.87. The van der Waals surface area contributed by atoms with Crippen LogP contribution in [-0.2, 0) is 19.3 Å². The van der Waals surface area contributed by atoms with Crippen LogP contribution in [0.25, 0.3) is 0 Å². The van der Waals surface area contributed by atoms with Crippen LogP contribution in [0, 0.1) is 11.8 Å². The molecule has 0 nitrogen and oxygen atoms in total. The summed E-state index contributed by atoms with van der Waals surface area (Å²) in [5.74, 6) is 1.41. The summed E-state index contributed by atoms with van der Waals surface area (Å²) in [5, 5.41) is 0. The molecule has 0 saturated carbocycles. The van der Waals surface area contributed by atoms with Crippen LogP contribution in [-0.4, -0.2) is 0 Å². The number of rotatable bonds is 6. The number of hydrogen-bond donors (Lipinski definition) is 0. The molecule has 0 aliphatic rings. The van der Waals surface area contributed by atoms with Crippen LogP contribution in [0.3, 0.4) is 0 Å². The van der Waals surface area contributed by atoms with E-state index in [-0.39, 0.29) is 0 Å². The first kappa shape index (κ1) is 15.8. The van der Waals surface area contributed by atoms with Crippen LogP contribution in [0.5, 0.6) is 0 Å². The van der Waals surface area contributed by atoms with Crippen molar-refractivity contribution in [1.82, 2.24) is 0 Å². The molecular weight excluding hydrogens is 252 g/mol. The molecule has 0 radical (unpaired) electrons. The first-order valence-corrected chi connectivity index (χ1v) is 8.19. The molecule has 2 aromatic carbocycles. The van der Waals surface area contributed by atoms with Crippen molar-refractivity contribution in [2.45, 2.75) is 47.0 Å². The van der Waals surface area contributed by atoms with Crippen LogP contribution >= 0.6 is 0 Å². The fraction of sp³-hybridized carbons (Fsp3) is 0.429. The Labute approximate surface area is 130 Å². The first-order chi connectivity index (χ1) is 10.1. The molecule has 0 aliphatic heterocycles. The molecule has 0 bridgehead atoms. The lowest BCUT2D eigenvalue weighted by molar-refractivity contribution is 0.639. The van der Waals surface area contributed by atoms with Gasteiger partial charge in [0, 0.05) is 0 Å². The van der Waals surface area contributed by atoms with Gasteiger partial charge in [0.05, 0.1) is 0 Å². The van der Waals surface area contributed by atoms with Gasteiger partial charge < -0.3 is 0 Å². The third kappa shape index (κ3) is 4.74. The van der Waals surface area contributed by atoms with Gasteiger partial charge in [0.2, 0.25) is 0 Å². The molecule has 0 atom stereocenters. The Morgan fingerprint density at radius 1 is 0.571 bits per heavy atom. The zero-order valence-corrected chi connectivity index (χ0v) is 13.9. The molecule has 0 N–H and O–H groups in total. The minimum atomic E-state index is 0.706. The lowest BCUT2D eigenvalue weighted by Gasteiger charge is -2.15. The lowest BCUT2D eigenvalue weighted by Crippen LogP contribution is -2.03. The van der Waals surface area contributed by atoms with Crippen molar-refractivity contribution >= 4 is 0 Å². The highest BCUT2D eigenvalue weighted by Gasteiger charge is 2.09. The topological polar surface area (TPSA) is 0 Å². The van der Waals surface area contributed by atoms with Crippen molar-refractivity contribution < 1.29 is 0 Å². The Morgan fingerprint density at radius 2 is 0.905 bits per heavy atom. The number of hydrogen-bond acceptors (Lipinski definition) is 0. The number of benzene rings is 2. The van der Waals surface area contributed by atoms with Crippen LogP contribution in [0.15, 0.2) is 48.5 Å². The first-order valence-electron chi connectivity index (χ1n) is 8.19. The predicted molar refractivity (Wildman–Crippen MR) is 92.8 cm³/mol. The summed E-state index contributed by atoms with van der Waals surface area (Å²) in [4.78, 5) is 0. The molecule has 0 aliphatic carbocycles. The third-order valence-corrected chi connectivity index (χ3v) is 3.87. The molecule has 2 aromatic rings. The van der Waals surface area contributed by atoms with Crippen molar-refractivity contribution in [3.8, 4) is 0 Å². The van der Waals surface area contributed by atoms with E-state index in [9.17, 15) is 0 Å². The maximum absolute atomic E-state index is 2.30.